The van der Waals surface area contributed by atoms with Crippen LogP contribution in [0.5, 0.6) is 5.75 Å². The first kappa shape index (κ1) is 17.4. The summed E-state index contributed by atoms with van der Waals surface area (Å²) in [4.78, 5) is 13.2. The van der Waals surface area contributed by atoms with Crippen molar-refractivity contribution in [1.82, 2.24) is 15.0 Å². The monoisotopic (exact) mass is 357 g/mol. The van der Waals surface area contributed by atoms with E-state index in [9.17, 15) is 4.79 Å². The second-order valence-corrected chi connectivity index (χ2v) is 7.56. The van der Waals surface area contributed by atoms with Crippen molar-refractivity contribution in [2.45, 2.75) is 40.0 Å². The maximum absolute atomic E-state index is 11.7. The Hall–Kier alpha value is -2.40. The summed E-state index contributed by atoms with van der Waals surface area (Å²) in [6, 6.07) is 9.28. The van der Waals surface area contributed by atoms with Crippen molar-refractivity contribution < 1.29 is 9.53 Å². The van der Waals surface area contributed by atoms with E-state index in [4.69, 9.17) is 16.3 Å². The standard InChI is InChI=1S/C19H20ClN3O2/c1-11-8-14(19(3,4)5)18(25-12(2)24)17(9-11)23-21-15-7-6-13(20)10-16(15)22-23/h6-10H,1-5H3. The third kappa shape index (κ3) is 3.51. The summed E-state index contributed by atoms with van der Waals surface area (Å²) < 4.78 is 5.57. The fourth-order valence-corrected chi connectivity index (χ4v) is 2.87. The second kappa shape index (κ2) is 6.15. The van der Waals surface area contributed by atoms with Gasteiger partial charge < -0.3 is 4.74 Å². The molecule has 0 amide bonds. The highest BCUT2D eigenvalue weighted by molar-refractivity contribution is 6.31. The topological polar surface area (TPSA) is 57.0 Å². The number of rotatable bonds is 2. The molecule has 0 fully saturated rings. The lowest BCUT2D eigenvalue weighted by atomic mass is 9.85. The van der Waals surface area contributed by atoms with E-state index in [1.165, 1.54) is 11.7 Å². The molecule has 25 heavy (non-hydrogen) atoms. The number of ether oxygens (including phenoxy) is 1. The molecule has 0 spiro atoms. The van der Waals surface area contributed by atoms with Crippen LogP contribution < -0.4 is 4.74 Å². The highest BCUT2D eigenvalue weighted by atomic mass is 35.5. The van der Waals surface area contributed by atoms with Gasteiger partial charge in [0.15, 0.2) is 5.75 Å². The zero-order valence-electron chi connectivity index (χ0n) is 14.9. The average molecular weight is 358 g/mol. The van der Waals surface area contributed by atoms with Gasteiger partial charge in [-0.3, -0.25) is 4.79 Å². The van der Waals surface area contributed by atoms with E-state index < -0.39 is 0 Å². The van der Waals surface area contributed by atoms with Crippen LogP contribution in [0.15, 0.2) is 30.3 Å². The van der Waals surface area contributed by atoms with Crippen molar-refractivity contribution >= 4 is 28.6 Å². The molecule has 3 aromatic rings. The van der Waals surface area contributed by atoms with Crippen molar-refractivity contribution in [3.05, 3.63) is 46.5 Å². The third-order valence-corrected chi connectivity index (χ3v) is 4.06. The SMILES string of the molecule is CC(=O)Oc1c(-n2nc3ccc(Cl)cc3n2)cc(C)cc1C(C)(C)C. The first-order chi connectivity index (χ1) is 11.6. The Kier molecular flexibility index (Phi) is 4.29. The highest BCUT2D eigenvalue weighted by Crippen LogP contribution is 2.37. The number of nitrogens with zero attached hydrogens (tertiary/aromatic N) is 3. The van der Waals surface area contributed by atoms with E-state index in [2.05, 4.69) is 31.0 Å². The van der Waals surface area contributed by atoms with Gasteiger partial charge in [-0.1, -0.05) is 38.4 Å². The van der Waals surface area contributed by atoms with Crippen LogP contribution in [0, 0.1) is 6.92 Å². The predicted molar refractivity (Wildman–Crippen MR) is 98.6 cm³/mol. The van der Waals surface area contributed by atoms with Crippen LogP contribution in [0.2, 0.25) is 5.02 Å². The zero-order chi connectivity index (χ0) is 18.4. The number of esters is 1. The Balaban J connectivity index is 2.28. The number of hydrogen-bond acceptors (Lipinski definition) is 4. The number of hydrogen-bond donors (Lipinski definition) is 0. The molecular weight excluding hydrogens is 338 g/mol. The number of fused-ring (bicyclic) bond motifs is 1. The summed E-state index contributed by atoms with van der Waals surface area (Å²) >= 11 is 6.04. The van der Waals surface area contributed by atoms with Crippen molar-refractivity contribution in [2.24, 2.45) is 0 Å². The van der Waals surface area contributed by atoms with Gasteiger partial charge in [-0.25, -0.2) is 0 Å². The maximum Gasteiger partial charge on any atom is 0.308 e. The summed E-state index contributed by atoms with van der Waals surface area (Å²) in [5, 5.41) is 9.61. The van der Waals surface area contributed by atoms with Crippen LogP contribution in [0.25, 0.3) is 16.7 Å². The van der Waals surface area contributed by atoms with Gasteiger partial charge in [-0.2, -0.15) is 0 Å². The first-order valence-electron chi connectivity index (χ1n) is 8.01. The minimum atomic E-state index is -0.379. The minimum absolute atomic E-state index is 0.207. The van der Waals surface area contributed by atoms with E-state index in [1.54, 1.807) is 12.1 Å². The lowest BCUT2D eigenvalue weighted by Crippen LogP contribution is -2.18. The zero-order valence-corrected chi connectivity index (χ0v) is 15.7. The molecule has 130 valence electrons. The summed E-state index contributed by atoms with van der Waals surface area (Å²) in [5.74, 6) is 0.104. The normalized spacial score (nSPS) is 11.8. The molecule has 0 bridgehead atoms. The van der Waals surface area contributed by atoms with Gasteiger partial charge in [0.05, 0.1) is 0 Å². The number of benzene rings is 2. The number of carbonyl (C=O) groups is 1. The van der Waals surface area contributed by atoms with Gasteiger partial charge in [0.2, 0.25) is 0 Å². The highest BCUT2D eigenvalue weighted by Gasteiger charge is 2.25. The van der Waals surface area contributed by atoms with E-state index in [0.717, 1.165) is 16.6 Å². The number of aromatic nitrogens is 3. The Morgan fingerprint density at radius 2 is 1.80 bits per heavy atom. The van der Waals surface area contributed by atoms with Crippen LogP contribution in [-0.4, -0.2) is 21.0 Å². The van der Waals surface area contributed by atoms with Crippen molar-refractivity contribution in [3.63, 3.8) is 0 Å². The molecule has 0 saturated carbocycles. The van der Waals surface area contributed by atoms with Crippen LogP contribution >= 0.6 is 11.6 Å². The predicted octanol–water partition coefficient (Wildman–Crippen LogP) is 4.61. The fourth-order valence-electron chi connectivity index (χ4n) is 2.71. The molecule has 0 N–H and O–H groups in total. The number of carbonyl (C=O) groups excluding carboxylic acids is 1. The van der Waals surface area contributed by atoms with Gasteiger partial charge in [-0.05, 0) is 42.2 Å². The van der Waals surface area contributed by atoms with Gasteiger partial charge in [0.25, 0.3) is 0 Å². The Labute approximate surface area is 151 Å². The summed E-state index contributed by atoms with van der Waals surface area (Å²) in [6.45, 7) is 9.61. The Morgan fingerprint density at radius 3 is 2.44 bits per heavy atom. The molecule has 0 radical (unpaired) electrons. The molecule has 5 nitrogen and oxygen atoms in total. The van der Waals surface area contributed by atoms with E-state index >= 15 is 0 Å². The van der Waals surface area contributed by atoms with Crippen molar-refractivity contribution in [2.75, 3.05) is 0 Å². The molecule has 6 heteroatoms. The number of aryl methyl sites for hydroxylation is 1. The van der Waals surface area contributed by atoms with Gasteiger partial charge in [0, 0.05) is 17.5 Å². The molecule has 0 atom stereocenters. The number of halogens is 1. The molecule has 0 saturated heterocycles. The molecule has 3 rings (SSSR count). The third-order valence-electron chi connectivity index (χ3n) is 3.83. The van der Waals surface area contributed by atoms with Crippen LogP contribution in [0.4, 0.5) is 0 Å². The molecule has 0 aliphatic carbocycles. The molecular formula is C19H20ClN3O2. The molecule has 0 aliphatic rings. The lowest BCUT2D eigenvalue weighted by molar-refractivity contribution is -0.131. The molecule has 0 aliphatic heterocycles. The molecule has 0 unspecified atom stereocenters. The summed E-state index contributed by atoms with van der Waals surface area (Å²) in [5.41, 5.74) is 3.79. The summed E-state index contributed by atoms with van der Waals surface area (Å²) in [6.07, 6.45) is 0. The van der Waals surface area contributed by atoms with Crippen LogP contribution in [-0.2, 0) is 10.2 Å². The molecule has 2 aromatic carbocycles. The molecule has 1 aromatic heterocycles. The van der Waals surface area contributed by atoms with Gasteiger partial charge in [0.1, 0.15) is 16.7 Å². The smallest absolute Gasteiger partial charge is 0.308 e. The van der Waals surface area contributed by atoms with E-state index in [1.807, 2.05) is 25.1 Å². The Morgan fingerprint density at radius 1 is 1.12 bits per heavy atom. The fraction of sp³-hybridized carbons (Fsp3) is 0.316. The largest absolute Gasteiger partial charge is 0.424 e. The molecule has 1 heterocycles. The van der Waals surface area contributed by atoms with Gasteiger partial charge in [-0.15, -0.1) is 15.0 Å². The van der Waals surface area contributed by atoms with Crippen LogP contribution in [0.1, 0.15) is 38.8 Å². The van der Waals surface area contributed by atoms with Crippen LogP contribution in [0.3, 0.4) is 0 Å². The maximum atomic E-state index is 11.7. The average Bonchev–Trinajstić information content (AvgIpc) is 2.89. The first-order valence-corrected chi connectivity index (χ1v) is 8.39. The van der Waals surface area contributed by atoms with Crippen molar-refractivity contribution in [3.8, 4) is 11.4 Å². The minimum Gasteiger partial charge on any atom is -0.424 e. The lowest BCUT2D eigenvalue weighted by Gasteiger charge is -2.24. The van der Waals surface area contributed by atoms with Crippen molar-refractivity contribution in [1.29, 1.82) is 0 Å². The van der Waals surface area contributed by atoms with E-state index in [0.29, 0.717) is 22.0 Å². The Bertz CT molecular complexity index is 971. The van der Waals surface area contributed by atoms with E-state index in [-0.39, 0.29) is 11.4 Å². The second-order valence-electron chi connectivity index (χ2n) is 7.13. The quantitative estimate of drug-likeness (QED) is 0.496. The summed E-state index contributed by atoms with van der Waals surface area (Å²) in [7, 11) is 0. The van der Waals surface area contributed by atoms with Gasteiger partial charge >= 0.3 is 5.97 Å².